The number of carboxylic acid groups (broad SMARTS) is 1. The fourth-order valence-electron chi connectivity index (χ4n) is 1.20. The Hall–Kier alpha value is -1.88. The zero-order valence-corrected chi connectivity index (χ0v) is 10.0. The lowest BCUT2D eigenvalue weighted by atomic mass is 10.3. The molecule has 0 aliphatic heterocycles. The molecule has 4 nitrogen and oxygen atoms in total. The standard InChI is InChI=1S/C12H13NO3S/c1-2-7-13(9-12(15)16)11(14)6-5-10-4-3-8-17-10/h2-6,8H,1,7,9H2,(H,15,16). The molecule has 1 rings (SSSR count). The molecular weight excluding hydrogens is 238 g/mol. The van der Waals surface area contributed by atoms with Gasteiger partial charge in [-0.25, -0.2) is 0 Å². The van der Waals surface area contributed by atoms with Gasteiger partial charge in [0.1, 0.15) is 6.54 Å². The maximum atomic E-state index is 11.7. The molecule has 0 aromatic carbocycles. The van der Waals surface area contributed by atoms with Gasteiger partial charge in [0, 0.05) is 17.5 Å². The van der Waals surface area contributed by atoms with E-state index in [0.29, 0.717) is 0 Å². The number of carbonyl (C=O) groups is 2. The van der Waals surface area contributed by atoms with Crippen molar-refractivity contribution in [3.8, 4) is 0 Å². The summed E-state index contributed by atoms with van der Waals surface area (Å²) in [5, 5.41) is 10.6. The first-order valence-electron chi connectivity index (χ1n) is 4.96. The van der Waals surface area contributed by atoms with Crippen molar-refractivity contribution in [2.75, 3.05) is 13.1 Å². The molecule has 1 N–H and O–H groups in total. The summed E-state index contributed by atoms with van der Waals surface area (Å²) in [6, 6.07) is 3.76. The first-order chi connectivity index (χ1) is 8.13. The summed E-state index contributed by atoms with van der Waals surface area (Å²) in [5.41, 5.74) is 0. The number of rotatable bonds is 6. The van der Waals surface area contributed by atoms with E-state index in [1.807, 2.05) is 17.5 Å². The highest BCUT2D eigenvalue weighted by Gasteiger charge is 2.12. The Morgan fingerprint density at radius 1 is 1.53 bits per heavy atom. The third kappa shape index (κ3) is 4.65. The van der Waals surface area contributed by atoms with Crippen LogP contribution in [0.2, 0.25) is 0 Å². The first kappa shape index (κ1) is 13.2. The van der Waals surface area contributed by atoms with Crippen molar-refractivity contribution < 1.29 is 14.7 Å². The molecule has 0 aliphatic carbocycles. The number of hydrogen-bond donors (Lipinski definition) is 1. The Balaban J connectivity index is 2.64. The smallest absolute Gasteiger partial charge is 0.323 e. The molecule has 0 spiro atoms. The number of carboxylic acids is 1. The Labute approximate surface area is 103 Å². The van der Waals surface area contributed by atoms with Crippen molar-refractivity contribution in [2.45, 2.75) is 0 Å². The predicted molar refractivity (Wildman–Crippen MR) is 67.8 cm³/mol. The van der Waals surface area contributed by atoms with E-state index in [2.05, 4.69) is 6.58 Å². The maximum absolute atomic E-state index is 11.7. The summed E-state index contributed by atoms with van der Waals surface area (Å²) in [5.74, 6) is -1.37. The van der Waals surface area contributed by atoms with Gasteiger partial charge in [-0.2, -0.15) is 0 Å². The van der Waals surface area contributed by atoms with E-state index in [4.69, 9.17) is 5.11 Å². The highest BCUT2D eigenvalue weighted by atomic mass is 32.1. The molecule has 1 aromatic heterocycles. The topological polar surface area (TPSA) is 57.6 Å². The molecule has 17 heavy (non-hydrogen) atoms. The molecule has 0 fully saturated rings. The van der Waals surface area contributed by atoms with Crippen LogP contribution in [0, 0.1) is 0 Å². The van der Waals surface area contributed by atoms with Crippen LogP contribution in [0.5, 0.6) is 0 Å². The van der Waals surface area contributed by atoms with Gasteiger partial charge in [-0.3, -0.25) is 9.59 Å². The van der Waals surface area contributed by atoms with E-state index in [-0.39, 0.29) is 19.0 Å². The molecule has 90 valence electrons. The van der Waals surface area contributed by atoms with Gasteiger partial charge in [0.15, 0.2) is 0 Å². The number of nitrogens with zero attached hydrogens (tertiary/aromatic N) is 1. The lowest BCUT2D eigenvalue weighted by molar-refractivity contribution is -0.142. The Morgan fingerprint density at radius 2 is 2.29 bits per heavy atom. The summed E-state index contributed by atoms with van der Waals surface area (Å²) >= 11 is 1.51. The lowest BCUT2D eigenvalue weighted by Crippen LogP contribution is -2.34. The summed E-state index contributed by atoms with van der Waals surface area (Å²) in [7, 11) is 0. The second-order valence-electron chi connectivity index (χ2n) is 3.25. The number of aliphatic carboxylic acids is 1. The highest BCUT2D eigenvalue weighted by Crippen LogP contribution is 2.10. The Kier molecular flexibility index (Phi) is 5.16. The van der Waals surface area contributed by atoms with Crippen LogP contribution < -0.4 is 0 Å². The minimum absolute atomic E-state index is 0.222. The molecule has 0 radical (unpaired) electrons. The molecule has 0 saturated heterocycles. The van der Waals surface area contributed by atoms with Crippen molar-refractivity contribution in [2.24, 2.45) is 0 Å². The summed E-state index contributed by atoms with van der Waals surface area (Å²) < 4.78 is 0. The largest absolute Gasteiger partial charge is 0.480 e. The normalized spacial score (nSPS) is 10.4. The van der Waals surface area contributed by atoms with Crippen LogP contribution in [0.4, 0.5) is 0 Å². The van der Waals surface area contributed by atoms with Gasteiger partial charge in [-0.15, -0.1) is 17.9 Å². The van der Waals surface area contributed by atoms with Crippen LogP contribution in [0.15, 0.2) is 36.2 Å². The second-order valence-corrected chi connectivity index (χ2v) is 4.23. The van der Waals surface area contributed by atoms with Crippen molar-refractivity contribution in [3.63, 3.8) is 0 Å². The van der Waals surface area contributed by atoms with Gasteiger partial charge in [-0.1, -0.05) is 12.1 Å². The lowest BCUT2D eigenvalue weighted by Gasteiger charge is -2.16. The third-order valence-electron chi connectivity index (χ3n) is 1.92. The van der Waals surface area contributed by atoms with Crippen LogP contribution in [-0.4, -0.2) is 35.0 Å². The summed E-state index contributed by atoms with van der Waals surface area (Å²) in [4.78, 5) is 24.4. The molecule has 0 bridgehead atoms. The molecule has 1 heterocycles. The fourth-order valence-corrected chi connectivity index (χ4v) is 1.81. The SMILES string of the molecule is C=CCN(CC(=O)O)C(=O)C=Cc1cccs1. The molecule has 0 unspecified atom stereocenters. The molecule has 0 aliphatic rings. The first-order valence-corrected chi connectivity index (χ1v) is 5.84. The molecular formula is C12H13NO3S. The molecule has 0 atom stereocenters. The Bertz CT molecular complexity index is 423. The fraction of sp³-hybridized carbons (Fsp3) is 0.167. The zero-order chi connectivity index (χ0) is 12.7. The van der Waals surface area contributed by atoms with Gasteiger partial charge >= 0.3 is 5.97 Å². The second kappa shape index (κ2) is 6.65. The molecule has 1 amide bonds. The van der Waals surface area contributed by atoms with Crippen molar-refractivity contribution in [1.29, 1.82) is 0 Å². The van der Waals surface area contributed by atoms with Crippen molar-refractivity contribution in [1.82, 2.24) is 4.90 Å². The molecule has 0 saturated carbocycles. The van der Waals surface area contributed by atoms with Gasteiger partial charge in [0.25, 0.3) is 0 Å². The van der Waals surface area contributed by atoms with Crippen molar-refractivity contribution >= 4 is 29.3 Å². The minimum atomic E-state index is -1.04. The van der Waals surface area contributed by atoms with E-state index < -0.39 is 5.97 Å². The van der Waals surface area contributed by atoms with Crippen LogP contribution in [0.1, 0.15) is 4.88 Å². The van der Waals surface area contributed by atoms with E-state index >= 15 is 0 Å². The predicted octanol–water partition coefficient (Wildman–Crippen LogP) is 1.86. The quantitative estimate of drug-likeness (QED) is 0.620. The molecule has 1 aromatic rings. The third-order valence-corrected chi connectivity index (χ3v) is 2.76. The zero-order valence-electron chi connectivity index (χ0n) is 9.20. The van der Waals surface area contributed by atoms with E-state index in [1.165, 1.54) is 28.4 Å². The van der Waals surface area contributed by atoms with Gasteiger partial charge < -0.3 is 10.0 Å². The number of hydrogen-bond acceptors (Lipinski definition) is 3. The van der Waals surface area contributed by atoms with Gasteiger partial charge in [-0.05, 0) is 17.5 Å². The highest BCUT2D eigenvalue weighted by molar-refractivity contribution is 7.10. The average molecular weight is 251 g/mol. The summed E-state index contributed by atoms with van der Waals surface area (Å²) in [6.07, 6.45) is 4.54. The van der Waals surface area contributed by atoms with Crippen molar-refractivity contribution in [3.05, 3.63) is 41.1 Å². The van der Waals surface area contributed by atoms with Gasteiger partial charge in [0.2, 0.25) is 5.91 Å². The number of amides is 1. The maximum Gasteiger partial charge on any atom is 0.323 e. The monoisotopic (exact) mass is 251 g/mol. The van der Waals surface area contributed by atoms with E-state index in [9.17, 15) is 9.59 Å². The summed E-state index contributed by atoms with van der Waals surface area (Å²) in [6.45, 7) is 3.39. The molecule has 5 heteroatoms. The van der Waals surface area contributed by atoms with Gasteiger partial charge in [0.05, 0.1) is 0 Å². The average Bonchev–Trinajstić information content (AvgIpc) is 2.77. The van der Waals surface area contributed by atoms with Crippen LogP contribution in [-0.2, 0) is 9.59 Å². The van der Waals surface area contributed by atoms with E-state index in [1.54, 1.807) is 6.08 Å². The number of carbonyl (C=O) groups excluding carboxylic acids is 1. The minimum Gasteiger partial charge on any atom is -0.480 e. The van der Waals surface area contributed by atoms with E-state index in [0.717, 1.165) is 4.88 Å². The number of thiophene rings is 1. The Morgan fingerprint density at radius 3 is 2.82 bits per heavy atom. The van der Waals surface area contributed by atoms with Crippen LogP contribution >= 0.6 is 11.3 Å². The van der Waals surface area contributed by atoms with Crippen LogP contribution in [0.25, 0.3) is 6.08 Å². The van der Waals surface area contributed by atoms with Crippen LogP contribution in [0.3, 0.4) is 0 Å².